The average molecular weight is 408 g/mol. The summed E-state index contributed by atoms with van der Waals surface area (Å²) in [5.74, 6) is -3.16. The van der Waals surface area contributed by atoms with Gasteiger partial charge >= 0.3 is 17.9 Å². The van der Waals surface area contributed by atoms with E-state index in [1.807, 2.05) is 0 Å². The minimum atomic E-state index is -1.13. The van der Waals surface area contributed by atoms with Crippen molar-refractivity contribution in [2.24, 2.45) is 11.8 Å². The summed E-state index contributed by atoms with van der Waals surface area (Å²) in [6.07, 6.45) is 1.12. The molecule has 1 fully saturated rings. The Morgan fingerprint density at radius 3 is 2.52 bits per heavy atom. The van der Waals surface area contributed by atoms with E-state index in [2.05, 4.69) is 6.58 Å². The molecule has 0 aromatic heterocycles. The van der Waals surface area contributed by atoms with Crippen molar-refractivity contribution < 1.29 is 38.8 Å². The maximum atomic E-state index is 12.4. The SMILES string of the molecule is C=C1C(=O)O[C@@H]2/C=C(\CO)CCC=C(CO)[C@H](OC(C)=O)[C@@H](OC(=O)C(C)C)[C@@H]12. The topological polar surface area (TPSA) is 119 Å². The van der Waals surface area contributed by atoms with Crippen LogP contribution >= 0.6 is 0 Å². The third-order valence-electron chi connectivity index (χ3n) is 4.95. The number of aliphatic hydroxyl groups excluding tert-OH is 2. The highest BCUT2D eigenvalue weighted by Crippen LogP contribution is 2.37. The van der Waals surface area contributed by atoms with Crippen molar-refractivity contribution in [2.75, 3.05) is 13.2 Å². The lowest BCUT2D eigenvalue weighted by Gasteiger charge is -2.34. The molecule has 0 aromatic rings. The molecule has 0 amide bonds. The maximum absolute atomic E-state index is 12.4. The van der Waals surface area contributed by atoms with Crippen LogP contribution in [0.2, 0.25) is 0 Å². The minimum Gasteiger partial charge on any atom is -0.457 e. The molecular weight excluding hydrogens is 380 g/mol. The van der Waals surface area contributed by atoms with Crippen LogP contribution in [0.1, 0.15) is 33.6 Å². The van der Waals surface area contributed by atoms with Gasteiger partial charge in [-0.2, -0.15) is 0 Å². The summed E-state index contributed by atoms with van der Waals surface area (Å²) in [4.78, 5) is 36.5. The normalized spacial score (nSPS) is 29.3. The number of fused-ring (bicyclic) bond motifs is 1. The predicted molar refractivity (Wildman–Crippen MR) is 102 cm³/mol. The number of aliphatic hydroxyl groups is 2. The van der Waals surface area contributed by atoms with Gasteiger partial charge in [-0.1, -0.05) is 26.5 Å². The Labute approximate surface area is 169 Å². The van der Waals surface area contributed by atoms with Gasteiger partial charge in [0.25, 0.3) is 0 Å². The van der Waals surface area contributed by atoms with Crippen LogP contribution in [0.15, 0.2) is 35.5 Å². The van der Waals surface area contributed by atoms with Crippen molar-refractivity contribution in [1.82, 2.24) is 0 Å². The summed E-state index contributed by atoms with van der Waals surface area (Å²) in [5, 5.41) is 19.6. The van der Waals surface area contributed by atoms with Gasteiger partial charge in [0.1, 0.15) is 6.10 Å². The highest BCUT2D eigenvalue weighted by molar-refractivity contribution is 5.91. The first-order valence-corrected chi connectivity index (χ1v) is 9.57. The fourth-order valence-corrected chi connectivity index (χ4v) is 3.42. The second kappa shape index (κ2) is 9.84. The van der Waals surface area contributed by atoms with E-state index in [0.717, 1.165) is 0 Å². The number of hydrogen-bond donors (Lipinski definition) is 2. The zero-order valence-electron chi connectivity index (χ0n) is 16.9. The van der Waals surface area contributed by atoms with E-state index in [1.54, 1.807) is 26.0 Å². The van der Waals surface area contributed by atoms with E-state index in [0.29, 0.717) is 24.0 Å². The van der Waals surface area contributed by atoms with E-state index in [9.17, 15) is 24.6 Å². The lowest BCUT2D eigenvalue weighted by molar-refractivity contribution is -0.171. The molecule has 4 atom stereocenters. The quantitative estimate of drug-likeness (QED) is 0.302. The van der Waals surface area contributed by atoms with E-state index in [1.165, 1.54) is 6.92 Å². The molecule has 8 nitrogen and oxygen atoms in total. The summed E-state index contributed by atoms with van der Waals surface area (Å²) in [6, 6.07) is 0. The number of carbonyl (C=O) groups is 3. The second-order valence-electron chi connectivity index (χ2n) is 7.47. The molecule has 0 aromatic carbocycles. The molecule has 2 aliphatic rings. The van der Waals surface area contributed by atoms with Crippen LogP contribution in [0, 0.1) is 11.8 Å². The molecule has 0 radical (unpaired) electrons. The van der Waals surface area contributed by atoms with Crippen LogP contribution in [-0.4, -0.2) is 59.6 Å². The molecule has 29 heavy (non-hydrogen) atoms. The first-order chi connectivity index (χ1) is 13.7. The molecule has 2 rings (SSSR count). The number of ether oxygens (including phenoxy) is 3. The highest BCUT2D eigenvalue weighted by Gasteiger charge is 2.49. The highest BCUT2D eigenvalue weighted by atomic mass is 16.6. The number of allylic oxidation sites excluding steroid dienone is 1. The molecule has 1 heterocycles. The summed E-state index contributed by atoms with van der Waals surface area (Å²) in [7, 11) is 0. The van der Waals surface area contributed by atoms with E-state index >= 15 is 0 Å². The largest absolute Gasteiger partial charge is 0.457 e. The number of hydrogen-bond acceptors (Lipinski definition) is 8. The lowest BCUT2D eigenvalue weighted by Crippen LogP contribution is -2.46. The Hall–Kier alpha value is -2.45. The zero-order valence-corrected chi connectivity index (χ0v) is 16.9. The molecule has 0 bridgehead atoms. The van der Waals surface area contributed by atoms with Gasteiger partial charge < -0.3 is 24.4 Å². The van der Waals surface area contributed by atoms with E-state index in [-0.39, 0.29) is 12.2 Å². The molecule has 0 unspecified atom stereocenters. The fourth-order valence-electron chi connectivity index (χ4n) is 3.42. The van der Waals surface area contributed by atoms with Crippen molar-refractivity contribution in [1.29, 1.82) is 0 Å². The van der Waals surface area contributed by atoms with Crippen LogP contribution in [-0.2, 0) is 28.6 Å². The van der Waals surface area contributed by atoms with Gasteiger partial charge in [0.15, 0.2) is 12.2 Å². The van der Waals surface area contributed by atoms with Crippen LogP contribution < -0.4 is 0 Å². The monoisotopic (exact) mass is 408 g/mol. The predicted octanol–water partition coefficient (Wildman–Crippen LogP) is 1.21. The maximum Gasteiger partial charge on any atom is 0.334 e. The Morgan fingerprint density at radius 1 is 1.28 bits per heavy atom. The number of rotatable bonds is 5. The van der Waals surface area contributed by atoms with E-state index < -0.39 is 54.7 Å². The molecule has 2 N–H and O–H groups in total. The van der Waals surface area contributed by atoms with Crippen LogP contribution in [0.5, 0.6) is 0 Å². The number of esters is 3. The van der Waals surface area contributed by atoms with Gasteiger partial charge in [-0.25, -0.2) is 4.79 Å². The van der Waals surface area contributed by atoms with Gasteiger partial charge in [-0.15, -0.1) is 0 Å². The van der Waals surface area contributed by atoms with Gasteiger partial charge in [-0.05, 0) is 30.1 Å². The summed E-state index contributed by atoms with van der Waals surface area (Å²) >= 11 is 0. The third kappa shape index (κ3) is 5.33. The van der Waals surface area contributed by atoms with Crippen molar-refractivity contribution in [3.63, 3.8) is 0 Å². The average Bonchev–Trinajstić information content (AvgIpc) is 2.93. The number of carbonyl (C=O) groups excluding carboxylic acids is 3. The van der Waals surface area contributed by atoms with Gasteiger partial charge in [0.2, 0.25) is 0 Å². The van der Waals surface area contributed by atoms with Gasteiger partial charge in [0.05, 0.1) is 25.0 Å². The Balaban J connectivity index is 2.62. The minimum absolute atomic E-state index is 0.0695. The molecule has 1 aliphatic heterocycles. The smallest absolute Gasteiger partial charge is 0.334 e. The van der Waals surface area contributed by atoms with Crippen LogP contribution in [0.4, 0.5) is 0 Å². The van der Waals surface area contributed by atoms with Gasteiger partial charge in [0, 0.05) is 12.5 Å². The van der Waals surface area contributed by atoms with Crippen LogP contribution in [0.25, 0.3) is 0 Å². The molecule has 8 heteroatoms. The molecule has 1 aliphatic carbocycles. The molecule has 1 saturated heterocycles. The molecule has 0 spiro atoms. The van der Waals surface area contributed by atoms with E-state index in [4.69, 9.17) is 14.2 Å². The Bertz CT molecular complexity index is 733. The Kier molecular flexibility index (Phi) is 7.75. The standard InChI is InChI=1S/C21H28O8/c1-11(2)20(25)29-19-17-12(3)21(26)28-16(17)8-14(9-22)6-5-7-15(10-23)18(19)27-13(4)24/h7-8,11,16-19,22-23H,3,5-6,9-10H2,1-2,4H3/b14-8-,15-7?/t16-,17+,18+,19+/m1/s1. The summed E-state index contributed by atoms with van der Waals surface area (Å²) < 4.78 is 16.5. The van der Waals surface area contributed by atoms with Crippen molar-refractivity contribution in [2.45, 2.75) is 51.9 Å². The van der Waals surface area contributed by atoms with Crippen molar-refractivity contribution >= 4 is 17.9 Å². The first kappa shape index (κ1) is 22.8. The second-order valence-corrected chi connectivity index (χ2v) is 7.47. The lowest BCUT2D eigenvalue weighted by atomic mass is 9.83. The van der Waals surface area contributed by atoms with Crippen molar-refractivity contribution in [3.8, 4) is 0 Å². The fraction of sp³-hybridized carbons (Fsp3) is 0.571. The summed E-state index contributed by atoms with van der Waals surface area (Å²) in [6.45, 7) is 7.62. The zero-order chi connectivity index (χ0) is 21.7. The van der Waals surface area contributed by atoms with Gasteiger partial charge in [-0.3, -0.25) is 9.59 Å². The summed E-state index contributed by atoms with van der Waals surface area (Å²) in [5.41, 5.74) is 1.04. The van der Waals surface area contributed by atoms with Crippen LogP contribution in [0.3, 0.4) is 0 Å². The molecular formula is C21H28O8. The Morgan fingerprint density at radius 2 is 1.97 bits per heavy atom. The van der Waals surface area contributed by atoms with Crippen molar-refractivity contribution in [3.05, 3.63) is 35.5 Å². The third-order valence-corrected chi connectivity index (χ3v) is 4.95. The first-order valence-electron chi connectivity index (χ1n) is 9.57. The molecule has 160 valence electrons. The molecule has 0 saturated carbocycles.